The average molecular weight is 1350 g/mol. The monoisotopic (exact) mass is 1350 g/mol. The number of carbonyl (C=O) groups excluding carboxylic acids is 13. The van der Waals surface area contributed by atoms with Crippen LogP contribution in [-0.2, 0) is 75.2 Å². The second-order valence-electron chi connectivity index (χ2n) is 24.1. The standard InChI is InChI=1S/C63H98N18O13S/c1-37(2)33-45(57(89)74-41(53(68)85)27-32-95-3)73-52(84)36-72-54(86)46(34-38-15-6-4-7-16-38)78-58(90)47(35-39-17-8-5-9-18-39)79-56(88)42(23-25-50(66)82)75-55(87)43(24-26-51(67)83)76-59(91)49-22-14-31-81(49)62(94)44(20-10-11-28-64)77-60(92)48-21-13-30-80(48)61(93)40(65)19-12-29-71-63(69)70/h4-9,15-18,37,40-49H,10-14,19-36,64-65H2,1-3H3,(H2,66,82)(H2,67,83)(H2,68,85)(H,72,86)(H,73,84)(H,74,89)(H,75,87)(H,76,91)(H,77,92)(H,78,90)(H,79,88)(H4,69,70,71)/t40-,41-,42+,43-,44+,45-,46-,47+,48-,49+/m0/s1. The number of nitrogens with one attached hydrogen (secondary N) is 8. The lowest BCUT2D eigenvalue weighted by Gasteiger charge is -2.32. The minimum Gasteiger partial charge on any atom is -0.370 e. The predicted molar refractivity (Wildman–Crippen MR) is 356 cm³/mol. The first-order valence-corrected chi connectivity index (χ1v) is 33.6. The Bertz CT molecular complexity index is 2960. The van der Waals surface area contributed by atoms with Gasteiger partial charge in [0.1, 0.15) is 54.4 Å². The maximum absolute atomic E-state index is 14.7. The zero-order chi connectivity index (χ0) is 70.1. The van der Waals surface area contributed by atoms with Gasteiger partial charge in [0.2, 0.25) is 76.8 Å². The molecule has 2 heterocycles. The minimum atomic E-state index is -1.64. The van der Waals surface area contributed by atoms with Gasteiger partial charge in [0.15, 0.2) is 5.96 Å². The van der Waals surface area contributed by atoms with Gasteiger partial charge in [-0.05, 0) is 119 Å². The number of rotatable bonds is 42. The Kier molecular flexibility index (Phi) is 33.9. The van der Waals surface area contributed by atoms with Crippen LogP contribution in [0.3, 0.4) is 0 Å². The van der Waals surface area contributed by atoms with Crippen molar-refractivity contribution in [3.63, 3.8) is 0 Å². The molecule has 0 bridgehead atoms. The summed E-state index contributed by atoms with van der Waals surface area (Å²) in [5.74, 6) is -9.80. The third kappa shape index (κ3) is 27.5. The highest BCUT2D eigenvalue weighted by molar-refractivity contribution is 7.98. The van der Waals surface area contributed by atoms with Crippen LogP contribution >= 0.6 is 11.8 Å². The fourth-order valence-corrected chi connectivity index (χ4v) is 11.5. The number of amides is 13. The first-order valence-electron chi connectivity index (χ1n) is 32.2. The Morgan fingerprint density at radius 3 is 1.51 bits per heavy atom. The Labute approximate surface area is 558 Å². The van der Waals surface area contributed by atoms with E-state index in [0.29, 0.717) is 55.4 Å². The van der Waals surface area contributed by atoms with Crippen LogP contribution in [0.2, 0.25) is 0 Å². The lowest BCUT2D eigenvalue weighted by Crippen LogP contribution is -2.60. The number of hydrogen-bond acceptors (Lipinski definition) is 17. The van der Waals surface area contributed by atoms with Crippen molar-refractivity contribution in [3.8, 4) is 0 Å². The molecule has 524 valence electrons. The molecule has 13 amide bonds. The number of hydrogen-bond donors (Lipinski definition) is 15. The van der Waals surface area contributed by atoms with Crippen molar-refractivity contribution in [1.29, 1.82) is 0 Å². The van der Waals surface area contributed by atoms with Gasteiger partial charge in [-0.25, -0.2) is 0 Å². The first kappa shape index (κ1) is 78.5. The van der Waals surface area contributed by atoms with Crippen LogP contribution in [0.5, 0.6) is 0 Å². The quantitative estimate of drug-likeness (QED) is 0.0173. The summed E-state index contributed by atoms with van der Waals surface area (Å²) in [6, 6.07) is 4.51. The maximum atomic E-state index is 14.7. The molecule has 2 saturated heterocycles. The van der Waals surface area contributed by atoms with Crippen molar-refractivity contribution in [2.24, 2.45) is 51.0 Å². The number of unbranched alkanes of at least 4 members (excludes halogenated alkanes) is 1. The van der Waals surface area contributed by atoms with Gasteiger partial charge in [0.05, 0.1) is 12.6 Å². The molecule has 2 aromatic rings. The van der Waals surface area contributed by atoms with Crippen molar-refractivity contribution in [2.45, 2.75) is 183 Å². The Morgan fingerprint density at radius 1 is 0.537 bits per heavy atom. The number of guanidine groups is 1. The highest BCUT2D eigenvalue weighted by atomic mass is 32.2. The second-order valence-corrected chi connectivity index (χ2v) is 25.1. The minimum absolute atomic E-state index is 0.0736. The van der Waals surface area contributed by atoms with Gasteiger partial charge in [-0.3, -0.25) is 67.3 Å². The average Bonchev–Trinajstić information content (AvgIpc) is 1.74. The summed E-state index contributed by atoms with van der Waals surface area (Å²) in [4.78, 5) is 185. The molecule has 10 atom stereocenters. The number of carbonyl (C=O) groups is 13. The van der Waals surface area contributed by atoms with E-state index in [0.717, 1.165) is 0 Å². The molecule has 2 aliphatic rings. The number of likely N-dealkylation sites (tertiary alicyclic amines) is 2. The highest BCUT2D eigenvalue weighted by Gasteiger charge is 2.42. The zero-order valence-corrected chi connectivity index (χ0v) is 55.3. The van der Waals surface area contributed by atoms with E-state index < -0.39 is 169 Å². The smallest absolute Gasteiger partial charge is 0.245 e. The lowest BCUT2D eigenvalue weighted by molar-refractivity contribution is -0.144. The fourth-order valence-electron chi connectivity index (χ4n) is 11.0. The van der Waals surface area contributed by atoms with E-state index in [2.05, 4.69) is 47.5 Å². The van der Waals surface area contributed by atoms with E-state index in [9.17, 15) is 62.3 Å². The molecule has 0 saturated carbocycles. The van der Waals surface area contributed by atoms with Gasteiger partial charge in [0, 0.05) is 45.3 Å². The Balaban J connectivity index is 1.56. The number of benzene rings is 2. The van der Waals surface area contributed by atoms with Crippen molar-refractivity contribution >= 4 is 94.5 Å². The third-order valence-electron chi connectivity index (χ3n) is 16.0. The van der Waals surface area contributed by atoms with Crippen LogP contribution in [0.1, 0.15) is 121 Å². The third-order valence-corrected chi connectivity index (χ3v) is 16.7. The number of nitrogens with two attached hydrogens (primary N) is 7. The summed E-state index contributed by atoms with van der Waals surface area (Å²) < 4.78 is 0. The summed E-state index contributed by atoms with van der Waals surface area (Å²) in [5.41, 5.74) is 40.6. The van der Waals surface area contributed by atoms with Gasteiger partial charge >= 0.3 is 0 Å². The molecule has 95 heavy (non-hydrogen) atoms. The number of thioether (sulfide) groups is 1. The summed E-state index contributed by atoms with van der Waals surface area (Å²) in [5, 5.41) is 21.1. The topological polar surface area (TPSA) is 519 Å². The van der Waals surface area contributed by atoms with E-state index in [-0.39, 0.29) is 83.0 Å². The van der Waals surface area contributed by atoms with E-state index >= 15 is 0 Å². The molecule has 0 radical (unpaired) electrons. The van der Waals surface area contributed by atoms with Crippen LogP contribution in [0.4, 0.5) is 0 Å². The summed E-state index contributed by atoms with van der Waals surface area (Å²) in [7, 11) is 0. The van der Waals surface area contributed by atoms with Gasteiger partial charge in [-0.15, -0.1) is 0 Å². The molecule has 2 aliphatic heterocycles. The van der Waals surface area contributed by atoms with Crippen LogP contribution < -0.4 is 82.7 Å². The van der Waals surface area contributed by atoms with Crippen LogP contribution in [0, 0.1) is 5.92 Å². The van der Waals surface area contributed by atoms with E-state index in [1.807, 2.05) is 20.1 Å². The van der Waals surface area contributed by atoms with Gasteiger partial charge in [-0.1, -0.05) is 74.5 Å². The Morgan fingerprint density at radius 2 is 1.01 bits per heavy atom. The first-order chi connectivity index (χ1) is 45.2. The lowest BCUT2D eigenvalue weighted by atomic mass is 10.0. The van der Waals surface area contributed by atoms with Crippen molar-refractivity contribution < 1.29 is 62.3 Å². The molecule has 2 aromatic carbocycles. The van der Waals surface area contributed by atoms with Crippen molar-refractivity contribution in [1.82, 2.24) is 52.3 Å². The fraction of sp³-hybridized carbons (Fsp3) is 0.587. The predicted octanol–water partition coefficient (Wildman–Crippen LogP) is -3.71. The van der Waals surface area contributed by atoms with Gasteiger partial charge in [0.25, 0.3) is 0 Å². The molecule has 0 spiro atoms. The SMILES string of the molecule is CSCC[C@H](NC(=O)[C@H](CC(C)C)NC(=O)CNC(=O)[C@H](Cc1ccccc1)NC(=O)[C@@H](Cc1ccccc1)NC(=O)[C@@H](CCC(N)=O)NC(=O)[C@H](CCC(N)=O)NC(=O)[C@H]1CCCN1C(=O)[C@@H](CCCCN)NC(=O)[C@@H]1CCCN1C(=O)[C@@H](N)CCCN=C(N)N)C(N)=O. The molecule has 31 nitrogen and oxygen atoms in total. The van der Waals surface area contributed by atoms with E-state index in [4.69, 9.17) is 40.1 Å². The number of aliphatic imine (C=N–C) groups is 1. The zero-order valence-electron chi connectivity index (χ0n) is 54.5. The molecular formula is C63H98N18O13S. The summed E-state index contributed by atoms with van der Waals surface area (Å²) in [6.07, 6.45) is 3.12. The normalized spacial score (nSPS) is 16.8. The highest BCUT2D eigenvalue weighted by Crippen LogP contribution is 2.24. The number of primary amides is 3. The van der Waals surface area contributed by atoms with Gasteiger partial charge < -0.3 is 92.5 Å². The summed E-state index contributed by atoms with van der Waals surface area (Å²) >= 11 is 1.45. The van der Waals surface area contributed by atoms with Crippen LogP contribution in [0.15, 0.2) is 65.7 Å². The maximum Gasteiger partial charge on any atom is 0.245 e. The molecule has 22 N–H and O–H groups in total. The molecule has 0 unspecified atom stereocenters. The summed E-state index contributed by atoms with van der Waals surface area (Å²) in [6.45, 7) is 3.86. The van der Waals surface area contributed by atoms with E-state index in [1.54, 1.807) is 60.7 Å². The van der Waals surface area contributed by atoms with Crippen molar-refractivity contribution in [3.05, 3.63) is 71.8 Å². The molecule has 0 aromatic heterocycles. The van der Waals surface area contributed by atoms with E-state index in [1.165, 1.54) is 21.6 Å². The Hall–Kier alpha value is -8.91. The van der Waals surface area contributed by atoms with Crippen LogP contribution in [0.25, 0.3) is 0 Å². The second kappa shape index (κ2) is 41.0. The molecule has 4 rings (SSSR count). The molecule has 0 aliphatic carbocycles. The largest absolute Gasteiger partial charge is 0.370 e. The van der Waals surface area contributed by atoms with Crippen molar-refractivity contribution in [2.75, 3.05) is 44.7 Å². The van der Waals surface area contributed by atoms with Crippen LogP contribution in [-0.4, -0.2) is 198 Å². The molecule has 32 heteroatoms. The molecular weight excluding hydrogens is 1250 g/mol. The van der Waals surface area contributed by atoms with Gasteiger partial charge in [-0.2, -0.15) is 11.8 Å². The number of nitrogens with zero attached hydrogens (tertiary/aromatic N) is 3. The molecule has 2 fully saturated rings.